The average Bonchev–Trinajstić information content (AvgIpc) is 2.35. The minimum atomic E-state index is -3.63. The van der Waals surface area contributed by atoms with Crippen molar-refractivity contribution in [3.63, 3.8) is 0 Å². The normalized spacial score (nSPS) is 10.9. The van der Waals surface area contributed by atoms with Crippen LogP contribution < -0.4 is 15.2 Å². The molecule has 1 rings (SSSR count). The van der Waals surface area contributed by atoms with Crippen molar-refractivity contribution in [3.8, 4) is 11.5 Å². The maximum atomic E-state index is 11.7. The Hall–Kier alpha value is -1.96. The molecule has 8 heteroatoms. The highest BCUT2D eigenvalue weighted by molar-refractivity contribution is 7.90. The Bertz CT molecular complexity index is 608. The molecular formula is C11H15NO6S. The van der Waals surface area contributed by atoms with Crippen LogP contribution in [0.3, 0.4) is 0 Å². The zero-order valence-corrected chi connectivity index (χ0v) is 11.8. The number of carbonyl (C=O) groups is 1. The Labute approximate surface area is 111 Å². The summed E-state index contributed by atoms with van der Waals surface area (Å²) in [6, 6.07) is 1.20. The fourth-order valence-electron chi connectivity index (χ4n) is 1.58. The van der Waals surface area contributed by atoms with Crippen LogP contribution in [0.15, 0.2) is 11.0 Å². The Balaban J connectivity index is 3.83. The molecule has 1 aromatic rings. The van der Waals surface area contributed by atoms with Crippen LogP contribution in [0.5, 0.6) is 11.5 Å². The second kappa shape index (κ2) is 5.35. The lowest BCUT2D eigenvalue weighted by molar-refractivity contribution is 0.0597. The summed E-state index contributed by atoms with van der Waals surface area (Å²) < 4.78 is 38.0. The third kappa shape index (κ3) is 2.73. The van der Waals surface area contributed by atoms with Gasteiger partial charge in [0.25, 0.3) is 0 Å². The van der Waals surface area contributed by atoms with Crippen LogP contribution >= 0.6 is 0 Å². The van der Waals surface area contributed by atoms with Crippen LogP contribution in [0.4, 0.5) is 5.69 Å². The van der Waals surface area contributed by atoms with E-state index in [0.717, 1.165) is 13.4 Å². The third-order valence-electron chi connectivity index (χ3n) is 2.46. The van der Waals surface area contributed by atoms with E-state index in [0.29, 0.717) is 0 Å². The fraction of sp³-hybridized carbons (Fsp3) is 0.364. The van der Waals surface area contributed by atoms with Gasteiger partial charge in [0.2, 0.25) is 0 Å². The van der Waals surface area contributed by atoms with Gasteiger partial charge in [-0.15, -0.1) is 0 Å². The summed E-state index contributed by atoms with van der Waals surface area (Å²) in [6.07, 6.45) is 0.988. The van der Waals surface area contributed by atoms with E-state index < -0.39 is 15.8 Å². The average molecular weight is 289 g/mol. The van der Waals surface area contributed by atoms with Crippen LogP contribution in [0.25, 0.3) is 0 Å². The number of anilines is 1. The summed E-state index contributed by atoms with van der Waals surface area (Å²) in [7, 11) is 0.0753. The highest BCUT2D eigenvalue weighted by Gasteiger charge is 2.28. The van der Waals surface area contributed by atoms with Crippen LogP contribution in [0.1, 0.15) is 10.4 Å². The molecule has 0 saturated heterocycles. The Morgan fingerprint density at radius 2 is 1.79 bits per heavy atom. The first kappa shape index (κ1) is 15.1. The van der Waals surface area contributed by atoms with E-state index in [1.165, 1.54) is 20.3 Å². The molecule has 0 bridgehead atoms. The number of nitrogen functional groups attached to an aromatic ring is 1. The Kier molecular flexibility index (Phi) is 4.25. The number of ether oxygens (including phenoxy) is 3. The fourth-order valence-corrected chi connectivity index (χ4v) is 2.43. The number of esters is 1. The predicted molar refractivity (Wildman–Crippen MR) is 68.4 cm³/mol. The minimum Gasteiger partial charge on any atom is -0.495 e. The maximum absolute atomic E-state index is 11.7. The second-order valence-corrected chi connectivity index (χ2v) is 5.65. The molecule has 2 N–H and O–H groups in total. The molecule has 7 nitrogen and oxygen atoms in total. The number of hydrogen-bond donors (Lipinski definition) is 1. The summed E-state index contributed by atoms with van der Waals surface area (Å²) in [5.74, 6) is -0.910. The number of hydrogen-bond acceptors (Lipinski definition) is 7. The summed E-state index contributed by atoms with van der Waals surface area (Å²) in [4.78, 5) is 11.5. The van der Waals surface area contributed by atoms with E-state index in [-0.39, 0.29) is 27.6 Å². The zero-order chi connectivity index (χ0) is 14.8. The van der Waals surface area contributed by atoms with Gasteiger partial charge in [-0.25, -0.2) is 13.2 Å². The van der Waals surface area contributed by atoms with Crippen molar-refractivity contribution < 1.29 is 27.4 Å². The number of methoxy groups -OCH3 is 3. The highest BCUT2D eigenvalue weighted by atomic mass is 32.2. The van der Waals surface area contributed by atoms with Gasteiger partial charge >= 0.3 is 5.97 Å². The van der Waals surface area contributed by atoms with Gasteiger partial charge in [-0.1, -0.05) is 0 Å². The van der Waals surface area contributed by atoms with E-state index in [9.17, 15) is 13.2 Å². The van der Waals surface area contributed by atoms with Crippen molar-refractivity contribution in [3.05, 3.63) is 11.6 Å². The van der Waals surface area contributed by atoms with Gasteiger partial charge in [0.1, 0.15) is 16.2 Å². The van der Waals surface area contributed by atoms with Crippen molar-refractivity contribution in [2.75, 3.05) is 33.3 Å². The summed E-state index contributed by atoms with van der Waals surface area (Å²) >= 11 is 0. The molecule has 0 aliphatic carbocycles. The van der Waals surface area contributed by atoms with E-state index in [1.54, 1.807) is 0 Å². The van der Waals surface area contributed by atoms with E-state index in [4.69, 9.17) is 15.2 Å². The molecule has 0 aliphatic rings. The van der Waals surface area contributed by atoms with E-state index >= 15 is 0 Å². The summed E-state index contributed by atoms with van der Waals surface area (Å²) in [5.41, 5.74) is 5.54. The number of sulfone groups is 1. The molecule has 0 aromatic heterocycles. The summed E-state index contributed by atoms with van der Waals surface area (Å²) in [6.45, 7) is 0. The molecule has 1 aromatic carbocycles. The van der Waals surface area contributed by atoms with Crippen LogP contribution in [0.2, 0.25) is 0 Å². The van der Waals surface area contributed by atoms with Gasteiger partial charge in [-0.3, -0.25) is 0 Å². The van der Waals surface area contributed by atoms with Gasteiger partial charge in [0.05, 0.1) is 27.0 Å². The Morgan fingerprint density at radius 3 is 2.16 bits per heavy atom. The van der Waals surface area contributed by atoms with Gasteiger partial charge in [0.15, 0.2) is 15.6 Å². The smallest absolute Gasteiger partial charge is 0.343 e. The molecule has 0 aliphatic heterocycles. The Morgan fingerprint density at radius 1 is 1.21 bits per heavy atom. The largest absolute Gasteiger partial charge is 0.495 e. The molecular weight excluding hydrogens is 274 g/mol. The molecule has 0 spiro atoms. The van der Waals surface area contributed by atoms with Crippen LogP contribution in [-0.4, -0.2) is 42.0 Å². The maximum Gasteiger partial charge on any atom is 0.343 e. The quantitative estimate of drug-likeness (QED) is 0.634. The van der Waals surface area contributed by atoms with Gasteiger partial charge in [0, 0.05) is 12.3 Å². The highest BCUT2D eigenvalue weighted by Crippen LogP contribution is 2.39. The van der Waals surface area contributed by atoms with Crippen LogP contribution in [0, 0.1) is 0 Å². The van der Waals surface area contributed by atoms with Crippen molar-refractivity contribution in [2.24, 2.45) is 0 Å². The number of nitrogens with two attached hydrogens (primary N) is 1. The minimum absolute atomic E-state index is 0.0430. The van der Waals surface area contributed by atoms with Crippen molar-refractivity contribution >= 4 is 21.5 Å². The molecule has 0 heterocycles. The monoisotopic (exact) mass is 289 g/mol. The van der Waals surface area contributed by atoms with E-state index in [1.807, 2.05) is 0 Å². The topological polar surface area (TPSA) is 105 Å². The first-order valence-electron chi connectivity index (χ1n) is 5.10. The summed E-state index contributed by atoms with van der Waals surface area (Å²) in [5, 5.41) is 0. The van der Waals surface area contributed by atoms with Crippen molar-refractivity contribution in [1.29, 1.82) is 0 Å². The van der Waals surface area contributed by atoms with Gasteiger partial charge in [-0.05, 0) is 0 Å². The number of carbonyl (C=O) groups excluding carboxylic acids is 1. The molecule has 0 amide bonds. The molecule has 0 saturated carbocycles. The van der Waals surface area contributed by atoms with Gasteiger partial charge < -0.3 is 19.9 Å². The lowest BCUT2D eigenvalue weighted by Gasteiger charge is -2.16. The predicted octanol–water partition coefficient (Wildman–Crippen LogP) is 0.476. The zero-order valence-electron chi connectivity index (χ0n) is 11.0. The van der Waals surface area contributed by atoms with E-state index in [2.05, 4.69) is 4.74 Å². The van der Waals surface area contributed by atoms with Gasteiger partial charge in [-0.2, -0.15) is 0 Å². The first-order chi connectivity index (χ1) is 8.77. The van der Waals surface area contributed by atoms with Crippen molar-refractivity contribution in [2.45, 2.75) is 4.90 Å². The van der Waals surface area contributed by atoms with Crippen LogP contribution in [-0.2, 0) is 14.6 Å². The molecule has 0 unspecified atom stereocenters. The molecule has 0 fully saturated rings. The second-order valence-electron chi connectivity index (χ2n) is 3.66. The first-order valence-corrected chi connectivity index (χ1v) is 6.99. The number of benzene rings is 1. The lowest BCUT2D eigenvalue weighted by atomic mass is 10.1. The molecule has 0 radical (unpaired) electrons. The lowest BCUT2D eigenvalue weighted by Crippen LogP contribution is -2.13. The molecule has 0 atom stereocenters. The number of rotatable bonds is 4. The third-order valence-corrected chi connectivity index (χ3v) is 3.56. The molecule has 19 heavy (non-hydrogen) atoms. The standard InChI is InChI=1S/C11H15NO6S/c1-16-6-5-7(19(4,14)15)10(17-2)8(9(6)12)11(13)18-3/h5H,12H2,1-4H3. The SMILES string of the molecule is COC(=O)c1c(N)c(OC)cc(S(C)(=O)=O)c1OC. The molecule has 106 valence electrons. The van der Waals surface area contributed by atoms with Crippen molar-refractivity contribution in [1.82, 2.24) is 0 Å².